The summed E-state index contributed by atoms with van der Waals surface area (Å²) in [4.78, 5) is 0. The Balaban J connectivity index is 1.74. The molecular weight excluding hydrogens is 252 g/mol. The zero-order valence-electron chi connectivity index (χ0n) is 11.2. The number of benzene rings is 1. The third kappa shape index (κ3) is 4.23. The van der Waals surface area contributed by atoms with Crippen LogP contribution >= 0.6 is 0 Å². The van der Waals surface area contributed by atoms with Crippen molar-refractivity contribution in [1.82, 2.24) is 5.32 Å². The van der Waals surface area contributed by atoms with Crippen molar-refractivity contribution in [3.8, 4) is 0 Å². The first-order chi connectivity index (χ1) is 8.96. The minimum Gasteiger partial charge on any atom is -0.348 e. The van der Waals surface area contributed by atoms with Gasteiger partial charge in [-0.25, -0.2) is 8.78 Å². The molecule has 0 bridgehead atoms. The molecule has 0 amide bonds. The molecule has 1 aliphatic rings. The molecule has 2 rings (SSSR count). The van der Waals surface area contributed by atoms with Crippen LogP contribution in [0.4, 0.5) is 8.78 Å². The average molecular weight is 271 g/mol. The van der Waals surface area contributed by atoms with E-state index in [1.54, 1.807) is 12.1 Å². The first-order valence-electron chi connectivity index (χ1n) is 6.36. The van der Waals surface area contributed by atoms with Gasteiger partial charge in [-0.15, -0.1) is 0 Å². The Morgan fingerprint density at radius 1 is 1.32 bits per heavy atom. The third-order valence-corrected chi connectivity index (χ3v) is 3.00. The minimum atomic E-state index is -2.41. The highest BCUT2D eigenvalue weighted by Gasteiger charge is 2.32. The highest BCUT2D eigenvalue weighted by Crippen LogP contribution is 2.22. The van der Waals surface area contributed by atoms with Crippen LogP contribution in [0.25, 0.3) is 0 Å². The summed E-state index contributed by atoms with van der Waals surface area (Å²) < 4.78 is 35.9. The molecule has 19 heavy (non-hydrogen) atoms. The van der Waals surface area contributed by atoms with Gasteiger partial charge in [0, 0.05) is 18.7 Å². The molecule has 1 N–H and O–H groups in total. The van der Waals surface area contributed by atoms with Crippen molar-refractivity contribution in [3.63, 3.8) is 0 Å². The molecule has 5 heteroatoms. The molecule has 1 saturated heterocycles. The van der Waals surface area contributed by atoms with Gasteiger partial charge in [0.25, 0.3) is 6.43 Å². The van der Waals surface area contributed by atoms with Crippen LogP contribution in [0, 0.1) is 0 Å². The Morgan fingerprint density at radius 3 is 2.53 bits per heavy atom. The van der Waals surface area contributed by atoms with E-state index < -0.39 is 12.2 Å². The molecule has 1 fully saturated rings. The molecule has 1 aliphatic heterocycles. The number of hydrogen-bond acceptors (Lipinski definition) is 3. The lowest BCUT2D eigenvalue weighted by molar-refractivity contribution is -0.137. The van der Waals surface area contributed by atoms with Crippen molar-refractivity contribution >= 4 is 0 Å². The summed E-state index contributed by atoms with van der Waals surface area (Å²) in [7, 11) is 0. The summed E-state index contributed by atoms with van der Waals surface area (Å²) in [5.41, 5.74) is 1.03. The van der Waals surface area contributed by atoms with E-state index in [2.05, 4.69) is 5.32 Å². The van der Waals surface area contributed by atoms with E-state index in [9.17, 15) is 8.78 Å². The van der Waals surface area contributed by atoms with Crippen molar-refractivity contribution < 1.29 is 18.3 Å². The van der Waals surface area contributed by atoms with E-state index >= 15 is 0 Å². The van der Waals surface area contributed by atoms with Gasteiger partial charge < -0.3 is 14.8 Å². The van der Waals surface area contributed by atoms with Crippen LogP contribution in [0.5, 0.6) is 0 Å². The minimum absolute atomic E-state index is 0.0373. The molecule has 0 spiro atoms. The number of halogens is 2. The molecule has 0 radical (unpaired) electrons. The van der Waals surface area contributed by atoms with Crippen LogP contribution in [0.15, 0.2) is 24.3 Å². The predicted octanol–water partition coefficient (Wildman–Crippen LogP) is 2.87. The summed E-state index contributed by atoms with van der Waals surface area (Å²) in [5, 5.41) is 3.24. The number of nitrogens with one attached hydrogen (secondary N) is 1. The fourth-order valence-corrected chi connectivity index (χ4v) is 2.02. The maximum Gasteiger partial charge on any atom is 0.263 e. The fourth-order valence-electron chi connectivity index (χ4n) is 2.02. The first-order valence-corrected chi connectivity index (χ1v) is 6.36. The second kappa shape index (κ2) is 5.94. The zero-order valence-corrected chi connectivity index (χ0v) is 11.2. The first kappa shape index (κ1) is 14.4. The summed E-state index contributed by atoms with van der Waals surface area (Å²) in [6.45, 7) is 5.65. The smallest absolute Gasteiger partial charge is 0.263 e. The molecule has 0 aliphatic carbocycles. The predicted molar refractivity (Wildman–Crippen MR) is 68.0 cm³/mol. The van der Waals surface area contributed by atoms with Gasteiger partial charge in [-0.2, -0.15) is 0 Å². The van der Waals surface area contributed by atoms with Crippen LogP contribution in [0.1, 0.15) is 31.4 Å². The lowest BCUT2D eigenvalue weighted by atomic mass is 10.1. The van der Waals surface area contributed by atoms with Gasteiger partial charge in [0.05, 0.1) is 12.7 Å². The Kier molecular flexibility index (Phi) is 4.50. The van der Waals surface area contributed by atoms with Gasteiger partial charge in [-0.3, -0.25) is 0 Å². The summed E-state index contributed by atoms with van der Waals surface area (Å²) >= 11 is 0. The molecule has 1 aromatic rings. The maximum atomic E-state index is 12.4. The average Bonchev–Trinajstić information content (AvgIpc) is 2.69. The highest BCUT2D eigenvalue weighted by atomic mass is 19.3. The zero-order chi connectivity index (χ0) is 13.9. The topological polar surface area (TPSA) is 30.5 Å². The fraction of sp³-hybridized carbons (Fsp3) is 0.571. The molecule has 0 saturated carbocycles. The Hall–Kier alpha value is -1.04. The van der Waals surface area contributed by atoms with Gasteiger partial charge in [-0.05, 0) is 19.4 Å². The van der Waals surface area contributed by atoms with Crippen LogP contribution in [-0.2, 0) is 16.0 Å². The molecular formula is C14H19F2NO2. The van der Waals surface area contributed by atoms with Crippen LogP contribution in [0.2, 0.25) is 0 Å². The quantitative estimate of drug-likeness (QED) is 0.893. The molecule has 1 aromatic carbocycles. The van der Waals surface area contributed by atoms with Crippen LogP contribution in [0.3, 0.4) is 0 Å². The van der Waals surface area contributed by atoms with Gasteiger partial charge in [0.2, 0.25) is 0 Å². The van der Waals surface area contributed by atoms with Crippen molar-refractivity contribution in [2.24, 2.45) is 0 Å². The molecule has 106 valence electrons. The largest absolute Gasteiger partial charge is 0.348 e. The molecule has 0 aromatic heterocycles. The summed E-state index contributed by atoms with van der Waals surface area (Å²) in [6.07, 6.45) is -2.37. The number of rotatable bonds is 5. The second-order valence-electron chi connectivity index (χ2n) is 5.12. The SMILES string of the molecule is CC1(C)OCC(CNCc2ccc(C(F)F)cc2)O1. The standard InChI is InChI=1S/C14H19F2NO2/c1-14(2)18-9-12(19-14)8-17-7-10-3-5-11(6-4-10)13(15)16/h3-6,12-13,17H,7-9H2,1-2H3. The Labute approximate surface area is 111 Å². The van der Waals surface area contributed by atoms with E-state index in [0.29, 0.717) is 19.7 Å². The molecule has 1 unspecified atom stereocenters. The number of ether oxygens (including phenoxy) is 2. The van der Waals surface area contributed by atoms with Gasteiger partial charge >= 0.3 is 0 Å². The van der Waals surface area contributed by atoms with E-state index in [1.165, 1.54) is 12.1 Å². The second-order valence-corrected chi connectivity index (χ2v) is 5.12. The monoisotopic (exact) mass is 271 g/mol. The van der Waals surface area contributed by atoms with E-state index in [0.717, 1.165) is 5.56 Å². The van der Waals surface area contributed by atoms with Crippen molar-refractivity contribution in [1.29, 1.82) is 0 Å². The van der Waals surface area contributed by atoms with Gasteiger partial charge in [0.15, 0.2) is 5.79 Å². The van der Waals surface area contributed by atoms with Crippen molar-refractivity contribution in [3.05, 3.63) is 35.4 Å². The number of hydrogen-bond donors (Lipinski definition) is 1. The Morgan fingerprint density at radius 2 is 2.00 bits per heavy atom. The Bertz CT molecular complexity index is 406. The van der Waals surface area contributed by atoms with Crippen LogP contribution < -0.4 is 5.32 Å². The molecule has 3 nitrogen and oxygen atoms in total. The lowest BCUT2D eigenvalue weighted by Gasteiger charge is -2.17. The third-order valence-electron chi connectivity index (χ3n) is 3.00. The molecule has 1 heterocycles. The van der Waals surface area contributed by atoms with Crippen molar-refractivity contribution in [2.75, 3.05) is 13.2 Å². The van der Waals surface area contributed by atoms with E-state index in [1.807, 2.05) is 13.8 Å². The normalized spacial score (nSPS) is 22.1. The maximum absolute atomic E-state index is 12.4. The van der Waals surface area contributed by atoms with Gasteiger partial charge in [-0.1, -0.05) is 24.3 Å². The van der Waals surface area contributed by atoms with Crippen LogP contribution in [-0.4, -0.2) is 25.0 Å². The summed E-state index contributed by atoms with van der Waals surface area (Å²) in [5.74, 6) is -0.509. The highest BCUT2D eigenvalue weighted by molar-refractivity contribution is 5.23. The summed E-state index contributed by atoms with van der Waals surface area (Å²) in [6, 6.07) is 6.34. The van der Waals surface area contributed by atoms with Crippen molar-refractivity contribution in [2.45, 2.75) is 38.7 Å². The van der Waals surface area contributed by atoms with Gasteiger partial charge in [0.1, 0.15) is 0 Å². The lowest BCUT2D eigenvalue weighted by Crippen LogP contribution is -2.30. The van der Waals surface area contributed by atoms with E-state index in [-0.39, 0.29) is 11.7 Å². The molecule has 1 atom stereocenters. The number of alkyl halides is 2. The van der Waals surface area contributed by atoms with E-state index in [4.69, 9.17) is 9.47 Å².